The fourth-order valence-electron chi connectivity index (χ4n) is 5.57. The Morgan fingerprint density at radius 1 is 1.30 bits per heavy atom. The molecule has 2 unspecified atom stereocenters. The number of likely N-dealkylation sites (tertiary alicyclic amines) is 1. The van der Waals surface area contributed by atoms with E-state index in [4.69, 9.17) is 0 Å². The van der Waals surface area contributed by atoms with Crippen LogP contribution in [0.2, 0.25) is 0 Å². The van der Waals surface area contributed by atoms with Gasteiger partial charge in [-0.3, -0.25) is 14.2 Å². The van der Waals surface area contributed by atoms with Crippen molar-refractivity contribution >= 4 is 17.2 Å². The molecule has 1 amide bonds. The molecule has 180 valence electrons. The second kappa shape index (κ2) is 9.71. The predicted octanol–water partition coefficient (Wildman–Crippen LogP) is 4.57. The first-order valence-corrected chi connectivity index (χ1v) is 13.2. The number of carbonyl (C=O) groups is 1. The van der Waals surface area contributed by atoms with Crippen LogP contribution in [0.4, 0.5) is 0 Å². The van der Waals surface area contributed by atoms with Gasteiger partial charge in [0.1, 0.15) is 0 Å². The molecule has 6 nitrogen and oxygen atoms in total. The largest absolute Gasteiger partial charge is 0.387 e. The van der Waals surface area contributed by atoms with Crippen LogP contribution in [0.3, 0.4) is 0 Å². The van der Waals surface area contributed by atoms with Gasteiger partial charge in [0, 0.05) is 41.4 Å². The van der Waals surface area contributed by atoms with Crippen molar-refractivity contribution in [1.29, 1.82) is 0 Å². The Bertz CT molecular complexity index is 1010. The number of aliphatic hydroxyl groups is 1. The summed E-state index contributed by atoms with van der Waals surface area (Å²) < 4.78 is 1.50. The summed E-state index contributed by atoms with van der Waals surface area (Å²) in [6.45, 7) is 7.24. The molecule has 0 bridgehead atoms. The maximum atomic E-state index is 13.2. The number of nitrogens with zero attached hydrogens (tertiary/aromatic N) is 3. The molecular weight excluding hydrogens is 434 g/mol. The quantitative estimate of drug-likeness (QED) is 0.670. The van der Waals surface area contributed by atoms with Crippen LogP contribution in [0.1, 0.15) is 65.7 Å². The lowest BCUT2D eigenvalue weighted by Gasteiger charge is -2.50. The molecule has 1 saturated carbocycles. The number of carbonyl (C=O) groups excluding carboxylic acids is 1. The van der Waals surface area contributed by atoms with Crippen molar-refractivity contribution in [2.24, 2.45) is 17.3 Å². The van der Waals surface area contributed by atoms with Gasteiger partial charge in [-0.2, -0.15) is 11.3 Å². The first-order valence-electron chi connectivity index (χ1n) is 12.3. The summed E-state index contributed by atoms with van der Waals surface area (Å²) in [6, 6.07) is 3.47. The minimum atomic E-state index is -1.09. The molecule has 2 aromatic rings. The monoisotopic (exact) mass is 471 g/mol. The van der Waals surface area contributed by atoms with E-state index in [-0.39, 0.29) is 23.9 Å². The second-order valence-electron chi connectivity index (χ2n) is 10.8. The summed E-state index contributed by atoms with van der Waals surface area (Å²) in [6.07, 6.45) is 9.35. The Hall–Kier alpha value is -1.99. The van der Waals surface area contributed by atoms with E-state index in [1.54, 1.807) is 11.3 Å². The molecular formula is C26H37N3O3S. The van der Waals surface area contributed by atoms with Crippen LogP contribution in [0.5, 0.6) is 0 Å². The summed E-state index contributed by atoms with van der Waals surface area (Å²) in [5.41, 5.74) is -0.230. The molecule has 1 N–H and O–H groups in total. The van der Waals surface area contributed by atoms with Gasteiger partial charge in [-0.1, -0.05) is 52.9 Å². The molecule has 7 heteroatoms. The molecule has 0 spiro atoms. The topological polar surface area (TPSA) is 75.4 Å². The van der Waals surface area contributed by atoms with Crippen molar-refractivity contribution in [3.05, 3.63) is 39.6 Å². The zero-order valence-corrected chi connectivity index (χ0v) is 20.9. The SMILES string of the molecule is CC(CC1CCCCC1)C(=O)N1CCC(O)(Cn2cnc(-c3ccsc3)cc2=O)C(C)(C)C1. The lowest BCUT2D eigenvalue weighted by Crippen LogP contribution is -2.61. The van der Waals surface area contributed by atoms with E-state index >= 15 is 0 Å². The Balaban J connectivity index is 1.41. The van der Waals surface area contributed by atoms with Crippen LogP contribution < -0.4 is 5.56 Å². The van der Waals surface area contributed by atoms with Crippen LogP contribution in [-0.2, 0) is 11.3 Å². The van der Waals surface area contributed by atoms with Gasteiger partial charge in [0.25, 0.3) is 5.56 Å². The highest BCUT2D eigenvalue weighted by molar-refractivity contribution is 7.08. The molecule has 2 fully saturated rings. The summed E-state index contributed by atoms with van der Waals surface area (Å²) >= 11 is 1.56. The van der Waals surface area contributed by atoms with Gasteiger partial charge in [0.2, 0.25) is 5.91 Å². The van der Waals surface area contributed by atoms with Gasteiger partial charge in [-0.05, 0) is 30.2 Å². The molecule has 3 heterocycles. The van der Waals surface area contributed by atoms with Crippen molar-refractivity contribution in [1.82, 2.24) is 14.5 Å². The maximum Gasteiger partial charge on any atom is 0.253 e. The zero-order valence-electron chi connectivity index (χ0n) is 20.1. The summed E-state index contributed by atoms with van der Waals surface area (Å²) in [5, 5.41) is 15.5. The Kier molecular flexibility index (Phi) is 7.10. The Morgan fingerprint density at radius 2 is 2.06 bits per heavy atom. The van der Waals surface area contributed by atoms with Crippen molar-refractivity contribution in [3.63, 3.8) is 0 Å². The van der Waals surface area contributed by atoms with Crippen LogP contribution in [0, 0.1) is 17.3 Å². The number of hydrogen-bond acceptors (Lipinski definition) is 5. The Morgan fingerprint density at radius 3 is 2.70 bits per heavy atom. The molecule has 1 saturated heterocycles. The molecule has 1 aliphatic carbocycles. The van der Waals surface area contributed by atoms with Gasteiger partial charge in [-0.15, -0.1) is 0 Å². The smallest absolute Gasteiger partial charge is 0.253 e. The standard InChI is InChI=1S/C26H37N3O3S/c1-19(13-20-7-5-4-6-8-20)24(31)28-11-10-26(32,25(2,3)16-28)17-29-18-27-22(14-23(29)30)21-9-12-33-15-21/h9,12,14-15,18-20,32H,4-8,10-11,13,16-17H2,1-3H3. The van der Waals surface area contributed by atoms with E-state index in [9.17, 15) is 14.7 Å². The molecule has 2 aromatic heterocycles. The highest BCUT2D eigenvalue weighted by Gasteiger charge is 2.49. The van der Waals surface area contributed by atoms with Crippen molar-refractivity contribution in [3.8, 4) is 11.3 Å². The summed E-state index contributed by atoms with van der Waals surface area (Å²) in [5.74, 6) is 0.894. The van der Waals surface area contributed by atoms with E-state index in [1.165, 1.54) is 49.1 Å². The predicted molar refractivity (Wildman–Crippen MR) is 132 cm³/mol. The third-order valence-corrected chi connectivity index (χ3v) is 8.60. The number of rotatable bonds is 6. The molecule has 0 radical (unpaired) electrons. The average Bonchev–Trinajstić information content (AvgIpc) is 3.32. The highest BCUT2D eigenvalue weighted by atomic mass is 32.1. The first-order chi connectivity index (χ1) is 15.7. The van der Waals surface area contributed by atoms with Crippen LogP contribution in [-0.4, -0.2) is 44.2 Å². The molecule has 4 rings (SSSR count). The maximum absolute atomic E-state index is 13.2. The number of aromatic nitrogens is 2. The van der Waals surface area contributed by atoms with E-state index in [0.29, 0.717) is 31.1 Å². The number of piperidine rings is 1. The van der Waals surface area contributed by atoms with Gasteiger partial charge in [0.05, 0.1) is 24.2 Å². The van der Waals surface area contributed by atoms with E-state index < -0.39 is 11.0 Å². The highest BCUT2D eigenvalue weighted by Crippen LogP contribution is 2.40. The lowest BCUT2D eigenvalue weighted by molar-refractivity contribution is -0.157. The van der Waals surface area contributed by atoms with E-state index in [1.807, 2.05) is 35.6 Å². The summed E-state index contributed by atoms with van der Waals surface area (Å²) in [4.78, 5) is 32.4. The van der Waals surface area contributed by atoms with Gasteiger partial charge in [0.15, 0.2) is 0 Å². The third-order valence-electron chi connectivity index (χ3n) is 7.91. The van der Waals surface area contributed by atoms with Gasteiger partial charge >= 0.3 is 0 Å². The minimum Gasteiger partial charge on any atom is -0.387 e. The minimum absolute atomic E-state index is 0.0200. The van der Waals surface area contributed by atoms with Crippen LogP contribution in [0.15, 0.2) is 34.0 Å². The molecule has 2 atom stereocenters. The number of hydrogen-bond donors (Lipinski definition) is 1. The molecule has 0 aromatic carbocycles. The van der Waals surface area contributed by atoms with E-state index in [0.717, 1.165) is 12.0 Å². The van der Waals surface area contributed by atoms with Crippen molar-refractivity contribution < 1.29 is 9.90 Å². The van der Waals surface area contributed by atoms with Crippen LogP contribution in [0.25, 0.3) is 11.3 Å². The summed E-state index contributed by atoms with van der Waals surface area (Å²) in [7, 11) is 0. The molecule has 2 aliphatic rings. The van der Waals surface area contributed by atoms with Crippen molar-refractivity contribution in [2.75, 3.05) is 13.1 Å². The van der Waals surface area contributed by atoms with Crippen LogP contribution >= 0.6 is 11.3 Å². The second-order valence-corrected chi connectivity index (χ2v) is 11.6. The van der Waals surface area contributed by atoms with Gasteiger partial charge < -0.3 is 10.0 Å². The van der Waals surface area contributed by atoms with Gasteiger partial charge in [-0.25, -0.2) is 4.98 Å². The first kappa shape index (κ1) is 24.1. The third kappa shape index (κ3) is 5.24. The fraction of sp³-hybridized carbons (Fsp3) is 0.654. The fourth-order valence-corrected chi connectivity index (χ4v) is 6.22. The molecule has 1 aliphatic heterocycles. The Labute approximate surface area is 200 Å². The number of amides is 1. The van der Waals surface area contributed by atoms with E-state index in [2.05, 4.69) is 11.9 Å². The number of thiophene rings is 1. The lowest BCUT2D eigenvalue weighted by atomic mass is 9.69. The van der Waals surface area contributed by atoms with Crippen molar-refractivity contribution in [2.45, 2.75) is 77.9 Å². The zero-order chi connectivity index (χ0) is 23.6. The molecule has 33 heavy (non-hydrogen) atoms. The normalized spacial score (nSPS) is 24.5. The average molecular weight is 472 g/mol.